The Kier molecular flexibility index (Phi) is 8.42. The fraction of sp³-hybridized carbons (Fsp3) is 0.406. The highest BCUT2D eigenvalue weighted by atomic mass is 32.2. The van der Waals surface area contributed by atoms with Crippen LogP contribution in [0.15, 0.2) is 54.7 Å². The molecule has 1 aromatic heterocycles. The van der Waals surface area contributed by atoms with Crippen molar-refractivity contribution in [3.8, 4) is 23.7 Å². The zero-order chi connectivity index (χ0) is 29.0. The van der Waals surface area contributed by atoms with E-state index < -0.39 is 11.0 Å². The summed E-state index contributed by atoms with van der Waals surface area (Å²) in [4.78, 5) is 11.4. The minimum absolute atomic E-state index is 0.0200. The van der Waals surface area contributed by atoms with Gasteiger partial charge in [0.2, 0.25) is 0 Å². The number of hydrogen-bond acceptors (Lipinski definition) is 7. The molecule has 2 N–H and O–H groups in total. The number of piperidine rings is 1. The maximum atomic E-state index is 13.2. The summed E-state index contributed by atoms with van der Waals surface area (Å²) in [6, 6.07) is 17.5. The summed E-state index contributed by atoms with van der Waals surface area (Å²) in [5.74, 6) is 7.13. The Morgan fingerprint density at radius 3 is 2.71 bits per heavy atom. The smallest absolute Gasteiger partial charge is 0.152 e. The first-order valence-corrected chi connectivity index (χ1v) is 15.0. The number of rotatable bonds is 6. The van der Waals surface area contributed by atoms with E-state index in [2.05, 4.69) is 61.8 Å². The van der Waals surface area contributed by atoms with Gasteiger partial charge in [-0.15, -0.1) is 0 Å². The number of nitrogens with one attached hydrogen (secondary N) is 1. The van der Waals surface area contributed by atoms with Crippen molar-refractivity contribution in [3.63, 3.8) is 0 Å². The van der Waals surface area contributed by atoms with E-state index in [-0.39, 0.29) is 29.4 Å². The van der Waals surface area contributed by atoms with Crippen LogP contribution in [0.2, 0.25) is 0 Å². The average Bonchev–Trinajstić information content (AvgIpc) is 3.27. The summed E-state index contributed by atoms with van der Waals surface area (Å²) in [5.41, 5.74) is 4.02. The molecule has 5 rings (SSSR count). The zero-order valence-corrected chi connectivity index (χ0v) is 24.5. The molecule has 41 heavy (non-hydrogen) atoms. The molecular formula is C32H35N5O3S. The van der Waals surface area contributed by atoms with Gasteiger partial charge < -0.3 is 14.7 Å². The molecule has 1 aliphatic carbocycles. The third-order valence-corrected chi connectivity index (χ3v) is 9.39. The molecule has 2 aliphatic rings. The molecule has 8 nitrogen and oxygen atoms in total. The summed E-state index contributed by atoms with van der Waals surface area (Å²) in [7, 11) is -1.18. The van der Waals surface area contributed by atoms with E-state index in [1.54, 1.807) is 30.5 Å². The van der Waals surface area contributed by atoms with Crippen molar-refractivity contribution < 1.29 is 14.1 Å². The van der Waals surface area contributed by atoms with Crippen LogP contribution in [-0.4, -0.2) is 43.7 Å². The lowest BCUT2D eigenvalue weighted by molar-refractivity contribution is 0.177. The molecule has 0 bridgehead atoms. The fourth-order valence-corrected chi connectivity index (χ4v) is 6.59. The molecule has 1 spiro atoms. The number of aliphatic hydroxyl groups is 1. The van der Waals surface area contributed by atoms with Crippen LogP contribution in [0.4, 0.5) is 5.82 Å². The molecule has 0 radical (unpaired) electrons. The van der Waals surface area contributed by atoms with Crippen LogP contribution in [0.25, 0.3) is 0 Å². The van der Waals surface area contributed by atoms with Gasteiger partial charge in [0.25, 0.3) is 0 Å². The summed E-state index contributed by atoms with van der Waals surface area (Å²) in [6.45, 7) is 7.41. The number of anilines is 1. The SMILES string of the molecule is CC(C)(C)S(=O)N[C@@H]1c2ccccc2CC12CCN(c1ncc(C#CCOc3cccc(C#N)c3)nc1CO)CC2. The second-order valence-corrected chi connectivity index (χ2v) is 13.6. The van der Waals surface area contributed by atoms with Crippen LogP contribution >= 0.6 is 0 Å². The first kappa shape index (κ1) is 28.8. The minimum atomic E-state index is -1.18. The van der Waals surface area contributed by atoms with Gasteiger partial charge in [-0.2, -0.15) is 5.26 Å². The third kappa shape index (κ3) is 6.28. The fourth-order valence-electron chi connectivity index (χ4n) is 5.64. The number of aliphatic hydroxyl groups excluding tert-OH is 1. The summed E-state index contributed by atoms with van der Waals surface area (Å²) in [5, 5.41) is 19.1. The van der Waals surface area contributed by atoms with Gasteiger partial charge in [-0.3, -0.25) is 0 Å². The Balaban J connectivity index is 1.27. The van der Waals surface area contributed by atoms with Gasteiger partial charge in [-0.1, -0.05) is 36.3 Å². The molecule has 1 saturated heterocycles. The summed E-state index contributed by atoms with van der Waals surface area (Å²) in [6.07, 6.45) is 4.38. The standard InChI is InChI=1S/C32H35N5O3S/c1-31(2,3)41(39)36-29-27-12-5-4-9-24(27)19-32(29)13-15-37(16-14-32)30-28(22-38)35-25(21-34-30)10-7-17-40-26-11-6-8-23(18-26)20-33/h4-6,8-9,11-12,18,21,29,36,38H,13-17,19,22H2,1-3H3/t29-,41?/m1/s1. The quantitative estimate of drug-likeness (QED) is 0.428. The van der Waals surface area contributed by atoms with Crippen LogP contribution in [-0.2, 0) is 24.0 Å². The van der Waals surface area contributed by atoms with Crippen LogP contribution in [0.1, 0.15) is 67.7 Å². The Bertz CT molecular complexity index is 1540. The molecule has 2 heterocycles. The third-order valence-electron chi connectivity index (χ3n) is 7.82. The maximum Gasteiger partial charge on any atom is 0.152 e. The second kappa shape index (κ2) is 12.0. The molecule has 1 unspecified atom stereocenters. The predicted octanol–water partition coefficient (Wildman–Crippen LogP) is 4.21. The Morgan fingerprint density at radius 2 is 1.98 bits per heavy atom. The number of ether oxygens (including phenoxy) is 1. The highest BCUT2D eigenvalue weighted by molar-refractivity contribution is 7.84. The van der Waals surface area contributed by atoms with E-state index >= 15 is 0 Å². The first-order valence-electron chi connectivity index (χ1n) is 13.8. The van der Waals surface area contributed by atoms with Crippen molar-refractivity contribution in [1.82, 2.24) is 14.7 Å². The molecule has 3 aromatic rings. The van der Waals surface area contributed by atoms with Crippen molar-refractivity contribution in [2.75, 3.05) is 24.6 Å². The average molecular weight is 570 g/mol. The predicted molar refractivity (Wildman–Crippen MR) is 159 cm³/mol. The number of nitrogens with zero attached hydrogens (tertiary/aromatic N) is 4. The van der Waals surface area contributed by atoms with Gasteiger partial charge >= 0.3 is 0 Å². The lowest BCUT2D eigenvalue weighted by atomic mass is 9.73. The second-order valence-electron chi connectivity index (χ2n) is 11.6. The Morgan fingerprint density at radius 1 is 1.20 bits per heavy atom. The van der Waals surface area contributed by atoms with Crippen molar-refractivity contribution in [2.45, 2.75) is 57.4 Å². The monoisotopic (exact) mass is 569 g/mol. The number of aromatic nitrogens is 2. The summed E-state index contributed by atoms with van der Waals surface area (Å²) >= 11 is 0. The van der Waals surface area contributed by atoms with E-state index in [1.165, 1.54) is 11.1 Å². The molecule has 2 aromatic carbocycles. The molecule has 212 valence electrons. The molecule has 0 saturated carbocycles. The molecule has 2 atom stereocenters. The number of benzene rings is 2. The van der Waals surface area contributed by atoms with E-state index in [9.17, 15) is 9.32 Å². The van der Waals surface area contributed by atoms with Crippen molar-refractivity contribution in [3.05, 3.63) is 82.8 Å². The van der Waals surface area contributed by atoms with Crippen LogP contribution in [0, 0.1) is 28.6 Å². The normalized spacial score (nSPS) is 18.2. The zero-order valence-electron chi connectivity index (χ0n) is 23.7. The highest BCUT2D eigenvalue weighted by Crippen LogP contribution is 2.52. The van der Waals surface area contributed by atoms with Crippen molar-refractivity contribution in [1.29, 1.82) is 5.26 Å². The molecule has 9 heteroatoms. The lowest BCUT2D eigenvalue weighted by Gasteiger charge is -2.44. The van der Waals surface area contributed by atoms with E-state index in [0.717, 1.165) is 32.4 Å². The van der Waals surface area contributed by atoms with Crippen LogP contribution < -0.4 is 14.4 Å². The Hall–Kier alpha value is -3.76. The molecular weight excluding hydrogens is 534 g/mol. The van der Waals surface area contributed by atoms with E-state index in [4.69, 9.17) is 10.00 Å². The number of nitriles is 1. The van der Waals surface area contributed by atoms with Gasteiger partial charge in [-0.25, -0.2) is 18.9 Å². The van der Waals surface area contributed by atoms with Gasteiger partial charge in [0.15, 0.2) is 5.82 Å². The molecule has 1 aliphatic heterocycles. The van der Waals surface area contributed by atoms with Gasteiger partial charge in [-0.05, 0) is 80.7 Å². The van der Waals surface area contributed by atoms with E-state index in [0.29, 0.717) is 28.5 Å². The summed E-state index contributed by atoms with van der Waals surface area (Å²) < 4.78 is 21.9. The molecule has 1 fully saturated rings. The highest BCUT2D eigenvalue weighted by Gasteiger charge is 2.49. The maximum absolute atomic E-state index is 13.2. The largest absolute Gasteiger partial charge is 0.481 e. The number of fused-ring (bicyclic) bond motifs is 1. The van der Waals surface area contributed by atoms with Gasteiger partial charge in [0, 0.05) is 13.1 Å². The topological polar surface area (TPSA) is 111 Å². The number of hydrogen-bond donors (Lipinski definition) is 2. The minimum Gasteiger partial charge on any atom is -0.481 e. The first-order chi connectivity index (χ1) is 19.7. The van der Waals surface area contributed by atoms with E-state index in [1.807, 2.05) is 20.8 Å². The van der Waals surface area contributed by atoms with Crippen molar-refractivity contribution >= 4 is 16.8 Å². The van der Waals surface area contributed by atoms with Crippen molar-refractivity contribution in [2.24, 2.45) is 5.41 Å². The van der Waals surface area contributed by atoms with Crippen LogP contribution in [0.3, 0.4) is 0 Å². The lowest BCUT2D eigenvalue weighted by Crippen LogP contribution is -2.48. The van der Waals surface area contributed by atoms with Gasteiger partial charge in [0.1, 0.15) is 23.7 Å². The van der Waals surface area contributed by atoms with Gasteiger partial charge in [0.05, 0.1) is 46.2 Å². The Labute approximate surface area is 244 Å². The van der Waals surface area contributed by atoms with Crippen LogP contribution in [0.5, 0.6) is 5.75 Å². The molecule has 0 amide bonds.